The Kier molecular flexibility index (Phi) is 5.14. The van der Waals surface area contributed by atoms with E-state index in [1.54, 1.807) is 36.4 Å². The van der Waals surface area contributed by atoms with Crippen LogP contribution in [0.4, 0.5) is 19.3 Å². The third-order valence-corrected chi connectivity index (χ3v) is 3.33. The first kappa shape index (κ1) is 16.8. The van der Waals surface area contributed by atoms with Crippen molar-refractivity contribution in [2.75, 3.05) is 5.32 Å². The van der Waals surface area contributed by atoms with Gasteiger partial charge in [-0.1, -0.05) is 30.0 Å². The molecule has 25 heavy (non-hydrogen) atoms. The SMILES string of the molecule is O=C(Nc1cc(C#CC2CC2)cc(OC(F)F)c1)Oc1ccccc1. The number of amides is 1. The molecule has 0 atom stereocenters. The highest BCUT2D eigenvalue weighted by Crippen LogP contribution is 2.28. The number of hydrogen-bond acceptors (Lipinski definition) is 3. The smallest absolute Gasteiger partial charge is 0.417 e. The van der Waals surface area contributed by atoms with Gasteiger partial charge in [-0.3, -0.25) is 5.32 Å². The highest BCUT2D eigenvalue weighted by Gasteiger charge is 2.18. The summed E-state index contributed by atoms with van der Waals surface area (Å²) >= 11 is 0. The first-order valence-corrected chi connectivity index (χ1v) is 7.74. The number of rotatable bonds is 4. The minimum Gasteiger partial charge on any atom is -0.435 e. The molecule has 1 N–H and O–H groups in total. The monoisotopic (exact) mass is 343 g/mol. The van der Waals surface area contributed by atoms with Crippen LogP contribution in [0.2, 0.25) is 0 Å². The van der Waals surface area contributed by atoms with E-state index in [4.69, 9.17) is 4.74 Å². The number of benzene rings is 2. The molecule has 1 amide bonds. The predicted molar refractivity (Wildman–Crippen MR) is 88.8 cm³/mol. The second kappa shape index (κ2) is 7.67. The van der Waals surface area contributed by atoms with Gasteiger partial charge in [0, 0.05) is 23.2 Å². The van der Waals surface area contributed by atoms with Gasteiger partial charge >= 0.3 is 12.7 Å². The molecule has 6 heteroatoms. The fourth-order valence-electron chi connectivity index (χ4n) is 2.07. The van der Waals surface area contributed by atoms with E-state index in [0.29, 0.717) is 17.2 Å². The fraction of sp³-hybridized carbons (Fsp3) is 0.211. The average Bonchev–Trinajstić information content (AvgIpc) is 3.37. The molecule has 0 aliphatic heterocycles. The van der Waals surface area contributed by atoms with Crippen molar-refractivity contribution >= 4 is 11.8 Å². The molecule has 1 aliphatic carbocycles. The van der Waals surface area contributed by atoms with Gasteiger partial charge in [-0.15, -0.1) is 0 Å². The fourth-order valence-corrected chi connectivity index (χ4v) is 2.07. The molecule has 3 rings (SSSR count). The van der Waals surface area contributed by atoms with Crippen LogP contribution in [0.15, 0.2) is 48.5 Å². The Morgan fingerprint density at radius 3 is 2.56 bits per heavy atom. The second-order valence-corrected chi connectivity index (χ2v) is 5.50. The standard InChI is InChI=1S/C19H15F2NO3/c20-18(21)24-17-11-14(9-8-13-6-7-13)10-15(12-17)22-19(23)25-16-4-2-1-3-5-16/h1-5,10-13,18H,6-7H2,(H,22,23). The summed E-state index contributed by atoms with van der Waals surface area (Å²) < 4.78 is 34.5. The van der Waals surface area contributed by atoms with Crippen molar-refractivity contribution in [1.29, 1.82) is 0 Å². The van der Waals surface area contributed by atoms with Crippen LogP contribution in [0.25, 0.3) is 0 Å². The number of ether oxygens (including phenoxy) is 2. The topological polar surface area (TPSA) is 47.6 Å². The van der Waals surface area contributed by atoms with Crippen molar-refractivity contribution in [3.8, 4) is 23.3 Å². The van der Waals surface area contributed by atoms with Crippen LogP contribution in [0, 0.1) is 17.8 Å². The van der Waals surface area contributed by atoms with Crippen molar-refractivity contribution in [2.45, 2.75) is 19.5 Å². The highest BCUT2D eigenvalue weighted by molar-refractivity contribution is 5.86. The van der Waals surface area contributed by atoms with Crippen LogP contribution in [0.1, 0.15) is 18.4 Å². The molecule has 0 saturated heterocycles. The van der Waals surface area contributed by atoms with Crippen molar-refractivity contribution in [2.24, 2.45) is 5.92 Å². The zero-order chi connectivity index (χ0) is 17.6. The molecule has 0 heterocycles. The van der Waals surface area contributed by atoms with E-state index in [0.717, 1.165) is 12.8 Å². The van der Waals surface area contributed by atoms with Crippen molar-refractivity contribution < 1.29 is 23.0 Å². The minimum absolute atomic E-state index is 0.0763. The van der Waals surface area contributed by atoms with Crippen LogP contribution < -0.4 is 14.8 Å². The Morgan fingerprint density at radius 2 is 1.88 bits per heavy atom. The predicted octanol–water partition coefficient (Wildman–Crippen LogP) is 4.66. The molecule has 2 aromatic rings. The van der Waals surface area contributed by atoms with Crippen molar-refractivity contribution in [1.82, 2.24) is 0 Å². The van der Waals surface area contributed by atoms with Crippen LogP contribution >= 0.6 is 0 Å². The lowest BCUT2D eigenvalue weighted by Gasteiger charge is -2.10. The summed E-state index contributed by atoms with van der Waals surface area (Å²) in [6, 6.07) is 12.8. The summed E-state index contributed by atoms with van der Waals surface area (Å²) in [4.78, 5) is 11.9. The van der Waals surface area contributed by atoms with E-state index < -0.39 is 12.7 Å². The lowest BCUT2D eigenvalue weighted by Crippen LogP contribution is -2.17. The molecule has 0 spiro atoms. The number of carbonyl (C=O) groups is 1. The molecule has 0 radical (unpaired) electrons. The maximum Gasteiger partial charge on any atom is 0.417 e. The van der Waals surface area contributed by atoms with Gasteiger partial charge in [0.1, 0.15) is 11.5 Å². The molecule has 0 aromatic heterocycles. The van der Waals surface area contributed by atoms with E-state index in [1.165, 1.54) is 12.1 Å². The molecule has 0 bridgehead atoms. The Morgan fingerprint density at radius 1 is 1.12 bits per heavy atom. The van der Waals surface area contributed by atoms with E-state index in [-0.39, 0.29) is 11.4 Å². The molecule has 1 fully saturated rings. The zero-order valence-electron chi connectivity index (χ0n) is 13.2. The Balaban J connectivity index is 1.75. The maximum atomic E-state index is 12.5. The van der Waals surface area contributed by atoms with Gasteiger partial charge in [-0.05, 0) is 37.1 Å². The summed E-state index contributed by atoms with van der Waals surface area (Å²) in [5, 5.41) is 2.49. The number of para-hydroxylation sites is 1. The van der Waals surface area contributed by atoms with Gasteiger partial charge in [0.05, 0.1) is 0 Å². The molecular weight excluding hydrogens is 328 g/mol. The number of anilines is 1. The van der Waals surface area contributed by atoms with Gasteiger partial charge < -0.3 is 9.47 Å². The van der Waals surface area contributed by atoms with E-state index >= 15 is 0 Å². The number of alkyl halides is 2. The number of halogens is 2. The van der Waals surface area contributed by atoms with E-state index in [2.05, 4.69) is 21.9 Å². The molecule has 2 aromatic carbocycles. The zero-order valence-corrected chi connectivity index (χ0v) is 13.2. The van der Waals surface area contributed by atoms with Crippen LogP contribution in [0.3, 0.4) is 0 Å². The summed E-state index contributed by atoms with van der Waals surface area (Å²) in [5.74, 6) is 6.61. The summed E-state index contributed by atoms with van der Waals surface area (Å²) in [5.41, 5.74) is 0.749. The number of nitrogens with one attached hydrogen (secondary N) is 1. The Bertz CT molecular complexity index is 808. The molecular formula is C19H15F2NO3. The summed E-state index contributed by atoms with van der Waals surface area (Å²) in [7, 11) is 0. The van der Waals surface area contributed by atoms with Gasteiger partial charge in [-0.2, -0.15) is 8.78 Å². The first-order valence-electron chi connectivity index (χ1n) is 7.74. The molecule has 1 aliphatic rings. The van der Waals surface area contributed by atoms with Gasteiger partial charge in [-0.25, -0.2) is 4.79 Å². The van der Waals surface area contributed by atoms with Gasteiger partial charge in [0.25, 0.3) is 0 Å². The molecule has 4 nitrogen and oxygen atoms in total. The highest BCUT2D eigenvalue weighted by atomic mass is 19.3. The number of hydrogen-bond donors (Lipinski definition) is 1. The van der Waals surface area contributed by atoms with E-state index in [9.17, 15) is 13.6 Å². The summed E-state index contributed by atoms with van der Waals surface area (Å²) in [6.07, 6.45) is 1.37. The third kappa shape index (κ3) is 5.50. The summed E-state index contributed by atoms with van der Waals surface area (Å²) in [6.45, 7) is -2.96. The number of carbonyl (C=O) groups excluding carboxylic acids is 1. The van der Waals surface area contributed by atoms with Crippen molar-refractivity contribution in [3.63, 3.8) is 0 Å². The minimum atomic E-state index is -2.96. The molecule has 0 unspecified atom stereocenters. The third-order valence-electron chi connectivity index (χ3n) is 3.33. The normalized spacial score (nSPS) is 12.9. The molecule has 1 saturated carbocycles. The lowest BCUT2D eigenvalue weighted by molar-refractivity contribution is -0.0498. The Labute approximate surface area is 143 Å². The molecule has 128 valence electrons. The van der Waals surface area contributed by atoms with Crippen molar-refractivity contribution in [3.05, 3.63) is 54.1 Å². The van der Waals surface area contributed by atoms with Crippen LogP contribution in [-0.4, -0.2) is 12.7 Å². The quantitative estimate of drug-likeness (QED) is 0.822. The van der Waals surface area contributed by atoms with Gasteiger partial charge in [0.15, 0.2) is 0 Å². The maximum absolute atomic E-state index is 12.5. The largest absolute Gasteiger partial charge is 0.435 e. The van der Waals surface area contributed by atoms with E-state index in [1.807, 2.05) is 0 Å². The van der Waals surface area contributed by atoms with Crippen LogP contribution in [0.5, 0.6) is 11.5 Å². The first-order chi connectivity index (χ1) is 12.1. The van der Waals surface area contributed by atoms with Crippen LogP contribution in [-0.2, 0) is 0 Å². The lowest BCUT2D eigenvalue weighted by atomic mass is 10.2. The second-order valence-electron chi connectivity index (χ2n) is 5.50. The average molecular weight is 343 g/mol. The van der Waals surface area contributed by atoms with Gasteiger partial charge in [0.2, 0.25) is 0 Å². The Hall–Kier alpha value is -3.07.